The third-order valence-electron chi connectivity index (χ3n) is 7.85. The quantitative estimate of drug-likeness (QED) is 0.197. The summed E-state index contributed by atoms with van der Waals surface area (Å²) in [5.74, 6) is -0.360. The Hall–Kier alpha value is -4.24. The number of rotatable bonds is 11. The van der Waals surface area contributed by atoms with Crippen molar-refractivity contribution >= 4 is 10.9 Å². The maximum absolute atomic E-state index is 10.3. The molecule has 5 heteroatoms. The van der Waals surface area contributed by atoms with Crippen molar-refractivity contribution in [3.63, 3.8) is 0 Å². The van der Waals surface area contributed by atoms with E-state index in [0.29, 0.717) is 6.54 Å². The summed E-state index contributed by atoms with van der Waals surface area (Å²) in [5.41, 5.74) is 4.39. The Bertz CT molecular complexity index is 1460. The molecule has 1 unspecified atom stereocenters. The molecule has 0 aliphatic carbocycles. The van der Waals surface area contributed by atoms with Gasteiger partial charge in [0, 0.05) is 24.2 Å². The number of fused-ring (bicyclic) bond motifs is 1. The molecule has 0 amide bonds. The molecule has 0 aliphatic rings. The molecule has 202 valence electrons. The Morgan fingerprint density at radius 1 is 0.850 bits per heavy atom. The van der Waals surface area contributed by atoms with Crippen LogP contribution >= 0.6 is 0 Å². The number of hydrogen-bond acceptors (Lipinski definition) is 4. The van der Waals surface area contributed by atoms with Crippen molar-refractivity contribution in [3.05, 3.63) is 138 Å². The fourth-order valence-electron chi connectivity index (χ4n) is 5.81. The molecule has 1 heterocycles. The van der Waals surface area contributed by atoms with Gasteiger partial charge < -0.3 is 5.11 Å². The normalized spacial score (nSPS) is 13.3. The fraction of sp³-hybridized carbons (Fsp3) is 0.257. The molecule has 0 saturated carbocycles. The van der Waals surface area contributed by atoms with Gasteiger partial charge in [-0.3, -0.25) is 9.58 Å². The number of aliphatic hydroxyl groups excluding tert-OH is 1. The highest BCUT2D eigenvalue weighted by atomic mass is 16.3. The van der Waals surface area contributed by atoms with Crippen LogP contribution in [0.5, 0.6) is 0 Å². The highest BCUT2D eigenvalue weighted by molar-refractivity contribution is 5.83. The van der Waals surface area contributed by atoms with Crippen LogP contribution in [0.2, 0.25) is 0 Å². The Morgan fingerprint density at radius 2 is 1.40 bits per heavy atom. The van der Waals surface area contributed by atoms with Gasteiger partial charge in [-0.25, -0.2) is 0 Å². The zero-order valence-corrected chi connectivity index (χ0v) is 23.2. The lowest BCUT2D eigenvalue weighted by Crippen LogP contribution is -2.39. The fourth-order valence-corrected chi connectivity index (χ4v) is 5.81. The molecule has 1 N–H and O–H groups in total. The molecule has 0 bridgehead atoms. The van der Waals surface area contributed by atoms with E-state index in [1.165, 1.54) is 0 Å². The van der Waals surface area contributed by atoms with Crippen molar-refractivity contribution in [1.82, 2.24) is 14.7 Å². The molecular weight excluding hydrogens is 492 g/mol. The van der Waals surface area contributed by atoms with E-state index in [1.54, 1.807) is 0 Å². The predicted octanol–water partition coefficient (Wildman–Crippen LogP) is 6.58. The average Bonchev–Trinajstić information content (AvgIpc) is 3.46. The number of aromatic nitrogens is 2. The molecule has 0 radical (unpaired) electrons. The maximum atomic E-state index is 10.3. The van der Waals surface area contributed by atoms with E-state index in [2.05, 4.69) is 102 Å². The Labute approximate surface area is 236 Å². The second-order valence-electron chi connectivity index (χ2n) is 10.4. The van der Waals surface area contributed by atoms with Crippen molar-refractivity contribution < 1.29 is 5.11 Å². The monoisotopic (exact) mass is 528 g/mol. The molecule has 0 fully saturated rings. The highest BCUT2D eigenvalue weighted by Crippen LogP contribution is 2.41. The molecule has 0 saturated heterocycles. The molecule has 0 aliphatic heterocycles. The molecule has 2 atom stereocenters. The van der Waals surface area contributed by atoms with Crippen LogP contribution in [0, 0.1) is 11.3 Å². The van der Waals surface area contributed by atoms with E-state index in [0.717, 1.165) is 46.1 Å². The van der Waals surface area contributed by atoms with Gasteiger partial charge in [0.15, 0.2) is 0 Å². The van der Waals surface area contributed by atoms with Crippen LogP contribution in [0.25, 0.3) is 10.9 Å². The van der Waals surface area contributed by atoms with E-state index >= 15 is 0 Å². The summed E-state index contributed by atoms with van der Waals surface area (Å²) in [7, 11) is 0. The van der Waals surface area contributed by atoms with Crippen LogP contribution in [-0.2, 0) is 5.54 Å². The van der Waals surface area contributed by atoms with Crippen molar-refractivity contribution in [3.8, 4) is 6.07 Å². The molecule has 4 aromatic carbocycles. The number of nitrogens with zero attached hydrogens (tertiary/aromatic N) is 4. The molecule has 1 aromatic heterocycles. The van der Waals surface area contributed by atoms with Gasteiger partial charge in [-0.2, -0.15) is 10.4 Å². The van der Waals surface area contributed by atoms with Gasteiger partial charge in [0.2, 0.25) is 0 Å². The van der Waals surface area contributed by atoms with E-state index in [1.807, 2.05) is 43.3 Å². The standard InChI is InChI=1S/C35H36N4O/c1-3-22-38(27(2)26-40)24-28(23-36)32-20-13-21-34-33(32)25-39(37-34)35(29-14-7-4-8-15-29,30-16-9-5-10-17-30)31-18-11-6-12-19-31/h4-21,25,27-28,40H,3,22,24,26H2,1-2H3/t27-,28?/m0/s1. The summed E-state index contributed by atoms with van der Waals surface area (Å²) in [6, 6.07) is 40.1. The van der Waals surface area contributed by atoms with Crippen LogP contribution in [0.3, 0.4) is 0 Å². The minimum Gasteiger partial charge on any atom is -0.395 e. The van der Waals surface area contributed by atoms with E-state index in [-0.39, 0.29) is 18.6 Å². The number of aliphatic hydroxyl groups is 1. The van der Waals surface area contributed by atoms with Crippen LogP contribution in [0.4, 0.5) is 0 Å². The molecule has 40 heavy (non-hydrogen) atoms. The highest BCUT2D eigenvalue weighted by Gasteiger charge is 2.39. The lowest BCUT2D eigenvalue weighted by atomic mass is 9.77. The van der Waals surface area contributed by atoms with Crippen LogP contribution in [-0.4, -0.2) is 45.5 Å². The van der Waals surface area contributed by atoms with Gasteiger partial charge in [-0.05, 0) is 48.2 Å². The predicted molar refractivity (Wildman–Crippen MR) is 161 cm³/mol. The Balaban J connectivity index is 1.73. The summed E-state index contributed by atoms with van der Waals surface area (Å²) < 4.78 is 2.08. The zero-order chi connectivity index (χ0) is 28.0. The molecule has 5 rings (SSSR count). The third-order valence-corrected chi connectivity index (χ3v) is 7.85. The van der Waals surface area contributed by atoms with Gasteiger partial charge in [0.1, 0.15) is 5.54 Å². The number of nitriles is 1. The van der Waals surface area contributed by atoms with Gasteiger partial charge in [-0.15, -0.1) is 0 Å². The first-order valence-electron chi connectivity index (χ1n) is 14.0. The van der Waals surface area contributed by atoms with Gasteiger partial charge in [0.05, 0.1) is 24.1 Å². The summed E-state index contributed by atoms with van der Waals surface area (Å²) in [5, 5.41) is 26.4. The lowest BCUT2D eigenvalue weighted by Gasteiger charge is -2.36. The first-order valence-corrected chi connectivity index (χ1v) is 14.0. The minimum absolute atomic E-state index is 0.0142. The Kier molecular flexibility index (Phi) is 8.40. The molecule has 5 nitrogen and oxygen atoms in total. The van der Waals surface area contributed by atoms with Gasteiger partial charge in [-0.1, -0.05) is 110 Å². The minimum atomic E-state index is -0.720. The lowest BCUT2D eigenvalue weighted by molar-refractivity contribution is 0.132. The summed E-state index contributed by atoms with van der Waals surface area (Å²) in [4.78, 5) is 2.21. The molecule has 0 spiro atoms. The molecule has 5 aromatic rings. The van der Waals surface area contributed by atoms with E-state index in [9.17, 15) is 10.4 Å². The van der Waals surface area contributed by atoms with Crippen molar-refractivity contribution in [2.75, 3.05) is 19.7 Å². The van der Waals surface area contributed by atoms with Gasteiger partial charge in [0.25, 0.3) is 0 Å². The topological polar surface area (TPSA) is 65.1 Å². The van der Waals surface area contributed by atoms with Crippen molar-refractivity contribution in [2.45, 2.75) is 37.8 Å². The zero-order valence-electron chi connectivity index (χ0n) is 23.2. The first kappa shape index (κ1) is 27.3. The third kappa shape index (κ3) is 5.04. The van der Waals surface area contributed by atoms with Gasteiger partial charge >= 0.3 is 0 Å². The number of benzene rings is 4. The largest absolute Gasteiger partial charge is 0.395 e. The summed E-state index contributed by atoms with van der Waals surface area (Å²) in [6.45, 7) is 5.58. The summed E-state index contributed by atoms with van der Waals surface area (Å²) >= 11 is 0. The van der Waals surface area contributed by atoms with Crippen molar-refractivity contribution in [1.29, 1.82) is 5.26 Å². The van der Waals surface area contributed by atoms with Crippen LogP contribution in [0.1, 0.15) is 48.4 Å². The van der Waals surface area contributed by atoms with E-state index < -0.39 is 5.54 Å². The first-order chi connectivity index (χ1) is 19.6. The Morgan fingerprint density at radius 3 is 1.88 bits per heavy atom. The SMILES string of the molecule is CCCN(CC(C#N)c1cccc2nn(C(c3ccccc3)(c3ccccc3)c3ccccc3)cc12)[C@@H](C)CO. The van der Waals surface area contributed by atoms with Crippen LogP contribution in [0.15, 0.2) is 115 Å². The maximum Gasteiger partial charge on any atom is 0.138 e. The second kappa shape index (κ2) is 12.3. The van der Waals surface area contributed by atoms with Crippen molar-refractivity contribution in [2.24, 2.45) is 0 Å². The summed E-state index contributed by atoms with van der Waals surface area (Å²) in [6.07, 6.45) is 3.07. The second-order valence-corrected chi connectivity index (χ2v) is 10.4. The molecular formula is C35H36N4O. The average molecular weight is 529 g/mol. The number of hydrogen-bond donors (Lipinski definition) is 1. The van der Waals surface area contributed by atoms with Crippen LogP contribution < -0.4 is 0 Å². The van der Waals surface area contributed by atoms with E-state index in [4.69, 9.17) is 5.10 Å². The smallest absolute Gasteiger partial charge is 0.138 e.